The number of anilines is 1. The number of carbonyl (C=O) groups is 1. The van der Waals surface area contributed by atoms with E-state index in [0.29, 0.717) is 6.42 Å². The minimum atomic E-state index is -0.255. The third-order valence-corrected chi connectivity index (χ3v) is 3.00. The predicted molar refractivity (Wildman–Crippen MR) is 75.3 cm³/mol. The van der Waals surface area contributed by atoms with E-state index < -0.39 is 0 Å². The van der Waals surface area contributed by atoms with Gasteiger partial charge in [0.05, 0.1) is 7.11 Å². The Morgan fingerprint density at radius 2 is 2.00 bits per heavy atom. The Bertz CT molecular complexity index is 407. The lowest BCUT2D eigenvalue weighted by Gasteiger charge is -2.22. The van der Waals surface area contributed by atoms with E-state index in [4.69, 9.17) is 4.74 Å². The number of hydrogen-bond acceptors (Lipinski definition) is 3. The van der Waals surface area contributed by atoms with Gasteiger partial charge < -0.3 is 9.64 Å². The second-order valence-corrected chi connectivity index (χ2v) is 5.55. The lowest BCUT2D eigenvalue weighted by Crippen LogP contribution is -2.27. The summed E-state index contributed by atoms with van der Waals surface area (Å²) in [5, 5.41) is 0. The molecule has 1 aromatic rings. The Morgan fingerprint density at radius 1 is 1.33 bits per heavy atom. The molecular formula is C15H23NO2. The zero-order chi connectivity index (χ0) is 13.8. The molecule has 0 aromatic heterocycles. The number of ether oxygens (including phenoxy) is 1. The lowest BCUT2D eigenvalue weighted by atomic mass is 9.89. The highest BCUT2D eigenvalue weighted by atomic mass is 16.5. The topological polar surface area (TPSA) is 29.5 Å². The Labute approximate surface area is 110 Å². The molecule has 0 spiro atoms. The van der Waals surface area contributed by atoms with Crippen LogP contribution in [0.1, 0.15) is 27.2 Å². The summed E-state index contributed by atoms with van der Waals surface area (Å²) in [6, 6.07) is 7.86. The van der Waals surface area contributed by atoms with Gasteiger partial charge in [0.15, 0.2) is 0 Å². The van der Waals surface area contributed by atoms with Crippen LogP contribution in [-0.2, 0) is 4.79 Å². The highest BCUT2D eigenvalue weighted by Crippen LogP contribution is 2.21. The summed E-state index contributed by atoms with van der Waals surface area (Å²) in [5.41, 5.74) is 0.811. The quantitative estimate of drug-likeness (QED) is 0.803. The number of methoxy groups -OCH3 is 1. The van der Waals surface area contributed by atoms with E-state index in [-0.39, 0.29) is 11.2 Å². The van der Waals surface area contributed by atoms with Crippen molar-refractivity contribution in [2.45, 2.75) is 27.2 Å². The van der Waals surface area contributed by atoms with Crippen molar-refractivity contribution in [1.29, 1.82) is 0 Å². The first-order valence-electron chi connectivity index (χ1n) is 6.23. The average Bonchev–Trinajstić information content (AvgIpc) is 2.34. The molecule has 0 N–H and O–H groups in total. The van der Waals surface area contributed by atoms with E-state index in [1.165, 1.54) is 0 Å². The Kier molecular flexibility index (Phi) is 4.76. The van der Waals surface area contributed by atoms with Crippen molar-refractivity contribution in [3.63, 3.8) is 0 Å². The largest absolute Gasteiger partial charge is 0.497 e. The fraction of sp³-hybridized carbons (Fsp3) is 0.533. The number of nitrogens with zero attached hydrogens (tertiary/aromatic N) is 1. The van der Waals surface area contributed by atoms with Crippen LogP contribution in [0.5, 0.6) is 5.75 Å². The van der Waals surface area contributed by atoms with Crippen molar-refractivity contribution in [3.8, 4) is 5.75 Å². The van der Waals surface area contributed by atoms with Crippen molar-refractivity contribution >= 4 is 11.5 Å². The van der Waals surface area contributed by atoms with Gasteiger partial charge in [-0.2, -0.15) is 0 Å². The molecule has 1 aromatic carbocycles. The van der Waals surface area contributed by atoms with Crippen molar-refractivity contribution in [1.82, 2.24) is 0 Å². The predicted octanol–water partition coefficient (Wildman–Crippen LogP) is 3.14. The molecule has 0 aliphatic carbocycles. The summed E-state index contributed by atoms with van der Waals surface area (Å²) < 4.78 is 5.19. The summed E-state index contributed by atoms with van der Waals surface area (Å²) in [5.74, 6) is 1.12. The maximum absolute atomic E-state index is 11.9. The van der Waals surface area contributed by atoms with Gasteiger partial charge in [-0.15, -0.1) is 0 Å². The second kappa shape index (κ2) is 5.89. The van der Waals surface area contributed by atoms with Gasteiger partial charge in [-0.25, -0.2) is 0 Å². The van der Waals surface area contributed by atoms with Crippen LogP contribution >= 0.6 is 0 Å². The molecule has 0 aliphatic heterocycles. The van der Waals surface area contributed by atoms with Crippen molar-refractivity contribution < 1.29 is 9.53 Å². The lowest BCUT2D eigenvalue weighted by molar-refractivity contribution is -0.126. The zero-order valence-electron chi connectivity index (χ0n) is 12.0. The molecular weight excluding hydrogens is 226 g/mol. The van der Waals surface area contributed by atoms with E-state index in [2.05, 4.69) is 4.90 Å². The smallest absolute Gasteiger partial charge is 0.139 e. The molecule has 0 atom stereocenters. The van der Waals surface area contributed by atoms with E-state index in [9.17, 15) is 4.79 Å². The van der Waals surface area contributed by atoms with Gasteiger partial charge in [0.1, 0.15) is 11.5 Å². The van der Waals surface area contributed by atoms with Crippen LogP contribution in [0, 0.1) is 5.41 Å². The van der Waals surface area contributed by atoms with E-state index in [1.54, 1.807) is 7.11 Å². The maximum Gasteiger partial charge on any atom is 0.139 e. The summed E-state index contributed by atoms with van der Waals surface area (Å²) in [6.07, 6.45) is 0.567. The molecule has 18 heavy (non-hydrogen) atoms. The van der Waals surface area contributed by atoms with Crippen LogP contribution in [0.2, 0.25) is 0 Å². The van der Waals surface area contributed by atoms with Crippen LogP contribution in [0.25, 0.3) is 0 Å². The first-order chi connectivity index (χ1) is 8.34. The molecule has 3 heteroatoms. The fourth-order valence-electron chi connectivity index (χ4n) is 1.62. The SMILES string of the molecule is COc1cccc(N(C)CCC(=O)C(C)(C)C)c1. The monoisotopic (exact) mass is 249 g/mol. The first-order valence-corrected chi connectivity index (χ1v) is 6.23. The molecule has 0 saturated heterocycles. The Hall–Kier alpha value is -1.51. The molecule has 0 fully saturated rings. The molecule has 1 rings (SSSR count). The van der Waals surface area contributed by atoms with Gasteiger partial charge in [0, 0.05) is 37.2 Å². The average molecular weight is 249 g/mol. The molecule has 100 valence electrons. The minimum absolute atomic E-state index is 0.255. The molecule has 0 radical (unpaired) electrons. The molecule has 0 amide bonds. The van der Waals surface area contributed by atoms with Gasteiger partial charge in [0.25, 0.3) is 0 Å². The normalized spacial score (nSPS) is 11.2. The molecule has 0 saturated carbocycles. The molecule has 0 bridgehead atoms. The van der Waals surface area contributed by atoms with Crippen LogP contribution in [0.15, 0.2) is 24.3 Å². The molecule has 0 heterocycles. The summed E-state index contributed by atoms with van der Waals surface area (Å²) in [7, 11) is 3.65. The molecule has 3 nitrogen and oxygen atoms in total. The van der Waals surface area contributed by atoms with E-state index >= 15 is 0 Å². The van der Waals surface area contributed by atoms with Gasteiger partial charge in [-0.1, -0.05) is 26.8 Å². The third kappa shape index (κ3) is 4.06. The molecule has 0 aliphatic rings. The van der Waals surface area contributed by atoms with Crippen molar-refractivity contribution in [2.75, 3.05) is 25.6 Å². The highest BCUT2D eigenvalue weighted by Gasteiger charge is 2.20. The zero-order valence-corrected chi connectivity index (χ0v) is 12.0. The van der Waals surface area contributed by atoms with Crippen molar-refractivity contribution in [2.24, 2.45) is 5.41 Å². The Morgan fingerprint density at radius 3 is 2.56 bits per heavy atom. The summed E-state index contributed by atoms with van der Waals surface area (Å²) in [4.78, 5) is 13.9. The van der Waals surface area contributed by atoms with E-state index in [0.717, 1.165) is 18.0 Å². The fourth-order valence-corrected chi connectivity index (χ4v) is 1.62. The van der Waals surface area contributed by atoms with Crippen LogP contribution < -0.4 is 9.64 Å². The molecule has 0 unspecified atom stereocenters. The summed E-state index contributed by atoms with van der Waals surface area (Å²) in [6.45, 7) is 6.60. The maximum atomic E-state index is 11.9. The number of Topliss-reactive ketones (excluding diaryl/α,β-unsaturated/α-hetero) is 1. The summed E-state index contributed by atoms with van der Waals surface area (Å²) >= 11 is 0. The van der Waals surface area contributed by atoms with Crippen LogP contribution in [-0.4, -0.2) is 26.5 Å². The first kappa shape index (κ1) is 14.6. The number of rotatable bonds is 5. The highest BCUT2D eigenvalue weighted by molar-refractivity contribution is 5.84. The van der Waals surface area contributed by atoms with E-state index in [1.807, 2.05) is 52.1 Å². The van der Waals surface area contributed by atoms with Crippen molar-refractivity contribution in [3.05, 3.63) is 24.3 Å². The standard InChI is InChI=1S/C15H23NO2/c1-15(2,3)14(17)9-10-16(4)12-7-6-8-13(11-12)18-5/h6-8,11H,9-10H2,1-5H3. The van der Waals surface area contributed by atoms with Crippen LogP contribution in [0.4, 0.5) is 5.69 Å². The minimum Gasteiger partial charge on any atom is -0.497 e. The second-order valence-electron chi connectivity index (χ2n) is 5.55. The van der Waals surface area contributed by atoms with Crippen LogP contribution in [0.3, 0.4) is 0 Å². The number of carbonyl (C=O) groups excluding carboxylic acids is 1. The Balaban J connectivity index is 2.60. The van der Waals surface area contributed by atoms with Gasteiger partial charge in [-0.05, 0) is 12.1 Å². The number of hydrogen-bond donors (Lipinski definition) is 0. The van der Waals surface area contributed by atoms with Gasteiger partial charge in [-0.3, -0.25) is 4.79 Å². The van der Waals surface area contributed by atoms with Gasteiger partial charge >= 0.3 is 0 Å². The number of benzene rings is 1. The third-order valence-electron chi connectivity index (χ3n) is 3.00. The van der Waals surface area contributed by atoms with Gasteiger partial charge in [0.2, 0.25) is 0 Å². The number of ketones is 1.